The number of thiazole rings is 1. The number of para-hydroxylation sites is 1. The lowest BCUT2D eigenvalue weighted by Gasteiger charge is -2.31. The van der Waals surface area contributed by atoms with Gasteiger partial charge in [-0.05, 0) is 53.8 Å². The number of aromatic hydroxyl groups is 1. The first-order chi connectivity index (χ1) is 17.6. The Labute approximate surface area is 211 Å². The highest BCUT2D eigenvalue weighted by molar-refractivity contribution is 7.07. The molecule has 0 spiro atoms. The van der Waals surface area contributed by atoms with Crippen LogP contribution in [0.15, 0.2) is 82.1 Å². The van der Waals surface area contributed by atoms with Crippen molar-refractivity contribution in [1.82, 2.24) is 4.57 Å². The van der Waals surface area contributed by atoms with Gasteiger partial charge in [-0.15, -0.1) is 0 Å². The second-order valence-corrected chi connectivity index (χ2v) is 9.80. The highest BCUT2D eigenvalue weighted by Crippen LogP contribution is 2.41. The third kappa shape index (κ3) is 3.55. The fraction of sp³-hybridized carbons (Fsp3) is 0.172. The van der Waals surface area contributed by atoms with E-state index in [2.05, 4.69) is 18.2 Å². The van der Waals surface area contributed by atoms with Gasteiger partial charge in [-0.2, -0.15) is 0 Å². The van der Waals surface area contributed by atoms with Gasteiger partial charge in [0.1, 0.15) is 5.75 Å². The van der Waals surface area contributed by atoms with E-state index >= 15 is 0 Å². The normalized spacial score (nSPS) is 16.6. The van der Waals surface area contributed by atoms with Gasteiger partial charge >= 0.3 is 0 Å². The second kappa shape index (κ2) is 8.84. The summed E-state index contributed by atoms with van der Waals surface area (Å²) in [5.74, 6) is 1.10. The van der Waals surface area contributed by atoms with Gasteiger partial charge in [-0.3, -0.25) is 9.36 Å². The van der Waals surface area contributed by atoms with Crippen LogP contribution in [-0.4, -0.2) is 23.9 Å². The van der Waals surface area contributed by atoms with E-state index in [4.69, 9.17) is 14.5 Å². The molecule has 180 valence electrons. The van der Waals surface area contributed by atoms with Crippen molar-refractivity contribution in [3.63, 3.8) is 0 Å². The molecule has 0 unspecified atom stereocenters. The average molecular weight is 497 g/mol. The Hall–Kier alpha value is -4.10. The number of phenols is 1. The van der Waals surface area contributed by atoms with E-state index in [0.29, 0.717) is 20.6 Å². The molecular weight excluding hydrogens is 472 g/mol. The third-order valence-corrected chi connectivity index (χ3v) is 7.80. The summed E-state index contributed by atoms with van der Waals surface area (Å²) in [4.78, 5) is 19.5. The molecule has 2 aliphatic rings. The zero-order chi connectivity index (χ0) is 24.8. The Kier molecular flexibility index (Phi) is 5.49. The zero-order valence-corrected chi connectivity index (χ0v) is 20.7. The standard InChI is InChI=1S/C29H24N2O4S/c1-34-20-10-5-8-18(15-20)26-22-14-13-17-7-3-4-11-21(17)25(22)30-29-31(26)28(33)24(36-29)16-19-9-6-12-23(35-2)27(19)32/h3-12,15-16,26,32H,13-14H2,1-2H3/t26-/m0/s1. The molecule has 1 aliphatic heterocycles. The van der Waals surface area contributed by atoms with Gasteiger partial charge < -0.3 is 14.6 Å². The van der Waals surface area contributed by atoms with Crippen LogP contribution in [0.25, 0.3) is 11.8 Å². The highest BCUT2D eigenvalue weighted by Gasteiger charge is 2.32. The molecule has 1 N–H and O–H groups in total. The van der Waals surface area contributed by atoms with Crippen molar-refractivity contribution in [3.8, 4) is 17.2 Å². The monoisotopic (exact) mass is 496 g/mol. The molecule has 0 bridgehead atoms. The third-order valence-electron chi connectivity index (χ3n) is 6.82. The lowest BCUT2D eigenvalue weighted by molar-refractivity contribution is 0.373. The Balaban J connectivity index is 1.62. The first-order valence-corrected chi connectivity index (χ1v) is 12.5. The van der Waals surface area contributed by atoms with Crippen molar-refractivity contribution in [3.05, 3.63) is 114 Å². The largest absolute Gasteiger partial charge is 0.504 e. The fourth-order valence-electron chi connectivity index (χ4n) is 5.10. The van der Waals surface area contributed by atoms with Gasteiger partial charge in [0, 0.05) is 11.1 Å². The van der Waals surface area contributed by atoms with Crippen molar-refractivity contribution in [2.24, 2.45) is 4.99 Å². The van der Waals surface area contributed by atoms with Crippen LogP contribution in [0.4, 0.5) is 0 Å². The number of rotatable bonds is 4. The Bertz CT molecular complexity index is 1710. The van der Waals surface area contributed by atoms with Crippen molar-refractivity contribution in [1.29, 1.82) is 0 Å². The molecule has 7 heteroatoms. The molecule has 0 saturated carbocycles. The number of hydrogen-bond donors (Lipinski definition) is 1. The number of fused-ring (bicyclic) bond motifs is 3. The van der Waals surface area contributed by atoms with Crippen LogP contribution in [-0.2, 0) is 6.42 Å². The van der Waals surface area contributed by atoms with Crippen molar-refractivity contribution in [2.45, 2.75) is 18.9 Å². The van der Waals surface area contributed by atoms with Crippen LogP contribution in [0.5, 0.6) is 17.2 Å². The van der Waals surface area contributed by atoms with E-state index in [9.17, 15) is 9.90 Å². The lowest BCUT2D eigenvalue weighted by Crippen LogP contribution is -2.38. The topological polar surface area (TPSA) is 73.1 Å². The number of hydrogen-bond acceptors (Lipinski definition) is 6. The zero-order valence-electron chi connectivity index (χ0n) is 19.9. The summed E-state index contributed by atoms with van der Waals surface area (Å²) in [6.07, 6.45) is 3.42. The molecular formula is C29H24N2O4S. The molecule has 6 nitrogen and oxygen atoms in total. The first-order valence-electron chi connectivity index (χ1n) is 11.7. The number of methoxy groups -OCH3 is 2. The highest BCUT2D eigenvalue weighted by atomic mass is 32.1. The summed E-state index contributed by atoms with van der Waals surface area (Å²) < 4.78 is 13.0. The Morgan fingerprint density at radius 2 is 1.86 bits per heavy atom. The number of aromatic nitrogens is 1. The van der Waals surface area contributed by atoms with Gasteiger partial charge in [0.05, 0.1) is 30.5 Å². The van der Waals surface area contributed by atoms with Gasteiger partial charge in [0.25, 0.3) is 5.56 Å². The molecule has 1 aromatic heterocycles. The molecule has 6 rings (SSSR count). The average Bonchev–Trinajstić information content (AvgIpc) is 3.22. The van der Waals surface area contributed by atoms with E-state index in [1.165, 1.54) is 24.0 Å². The fourth-order valence-corrected chi connectivity index (χ4v) is 6.09. The number of phenolic OH excluding ortho intramolecular Hbond substituents is 1. The maximum atomic E-state index is 13.9. The molecule has 3 aromatic carbocycles. The Morgan fingerprint density at radius 3 is 2.69 bits per heavy atom. The van der Waals surface area contributed by atoms with Crippen LogP contribution in [0.3, 0.4) is 0 Å². The number of aryl methyl sites for hydroxylation is 1. The summed E-state index contributed by atoms with van der Waals surface area (Å²) in [7, 11) is 3.15. The van der Waals surface area contributed by atoms with Crippen molar-refractivity contribution in [2.75, 3.05) is 14.2 Å². The SMILES string of the molecule is COc1cccc([C@H]2C3=C(N=c4sc(=Cc5cccc(OC)c5O)c(=O)n42)c2ccccc2CC3)c1. The van der Waals surface area contributed by atoms with Crippen molar-refractivity contribution < 1.29 is 14.6 Å². The summed E-state index contributed by atoms with van der Waals surface area (Å²) in [6.45, 7) is 0. The van der Waals surface area contributed by atoms with Crippen LogP contribution in [0, 0.1) is 0 Å². The summed E-state index contributed by atoms with van der Waals surface area (Å²) in [5.41, 5.74) is 5.82. The van der Waals surface area contributed by atoms with Crippen LogP contribution in [0.1, 0.15) is 34.7 Å². The number of nitrogens with zero attached hydrogens (tertiary/aromatic N) is 2. The van der Waals surface area contributed by atoms with Gasteiger partial charge in [0.2, 0.25) is 0 Å². The van der Waals surface area contributed by atoms with E-state index in [0.717, 1.165) is 41.0 Å². The van der Waals surface area contributed by atoms with E-state index in [1.54, 1.807) is 36.0 Å². The molecule has 1 aliphatic carbocycles. The predicted octanol–water partition coefficient (Wildman–Crippen LogP) is 4.04. The number of benzene rings is 3. The minimum Gasteiger partial charge on any atom is -0.504 e. The predicted molar refractivity (Wildman–Crippen MR) is 140 cm³/mol. The molecule has 1 atom stereocenters. The second-order valence-electron chi connectivity index (χ2n) is 8.79. The molecule has 0 saturated heterocycles. The Morgan fingerprint density at radius 1 is 1.03 bits per heavy atom. The molecule has 0 radical (unpaired) electrons. The van der Waals surface area contributed by atoms with Gasteiger partial charge in [0.15, 0.2) is 16.3 Å². The van der Waals surface area contributed by atoms with Gasteiger partial charge in [-0.25, -0.2) is 4.99 Å². The maximum Gasteiger partial charge on any atom is 0.271 e. The molecule has 0 fully saturated rings. The van der Waals surface area contributed by atoms with Gasteiger partial charge in [-0.1, -0.05) is 59.9 Å². The van der Waals surface area contributed by atoms with E-state index in [-0.39, 0.29) is 17.4 Å². The summed E-state index contributed by atoms with van der Waals surface area (Å²) >= 11 is 1.33. The number of allylic oxidation sites excluding steroid dienone is 1. The maximum absolute atomic E-state index is 13.9. The summed E-state index contributed by atoms with van der Waals surface area (Å²) in [5, 5.41) is 10.6. The minimum atomic E-state index is -0.291. The van der Waals surface area contributed by atoms with Crippen LogP contribution < -0.4 is 24.4 Å². The smallest absolute Gasteiger partial charge is 0.271 e. The van der Waals surface area contributed by atoms with E-state index in [1.807, 2.05) is 30.3 Å². The molecule has 4 aromatic rings. The van der Waals surface area contributed by atoms with Crippen molar-refractivity contribution >= 4 is 23.1 Å². The van der Waals surface area contributed by atoms with Crippen LogP contribution >= 0.6 is 11.3 Å². The first kappa shape index (κ1) is 22.4. The van der Waals surface area contributed by atoms with Crippen LogP contribution in [0.2, 0.25) is 0 Å². The minimum absolute atomic E-state index is 0.00315. The lowest BCUT2D eigenvalue weighted by atomic mass is 9.83. The molecule has 2 heterocycles. The number of ether oxygens (including phenoxy) is 2. The quantitative estimate of drug-likeness (QED) is 0.463. The summed E-state index contributed by atoms with van der Waals surface area (Å²) in [6, 6.07) is 21.2. The molecule has 36 heavy (non-hydrogen) atoms. The van der Waals surface area contributed by atoms with E-state index < -0.39 is 0 Å². The molecule has 0 amide bonds.